The highest BCUT2D eigenvalue weighted by Gasteiger charge is 2.30. The monoisotopic (exact) mass is 422 g/mol. The molecule has 0 amide bonds. The molecule has 0 aromatic heterocycles. The first-order valence-electron chi connectivity index (χ1n) is 10.6. The van der Waals surface area contributed by atoms with Gasteiger partial charge in [0.25, 0.3) is 0 Å². The third-order valence-corrected chi connectivity index (χ3v) is 5.59. The van der Waals surface area contributed by atoms with Crippen molar-refractivity contribution in [2.24, 2.45) is 10.9 Å². The topological polar surface area (TPSA) is 66.0 Å². The van der Waals surface area contributed by atoms with Crippen molar-refractivity contribution in [2.45, 2.75) is 45.1 Å². The van der Waals surface area contributed by atoms with Crippen molar-refractivity contribution in [3.05, 3.63) is 34.9 Å². The van der Waals surface area contributed by atoms with Gasteiger partial charge in [0.1, 0.15) is 0 Å². The lowest BCUT2D eigenvalue weighted by atomic mass is 9.85. The molecule has 0 bridgehead atoms. The van der Waals surface area contributed by atoms with Crippen LogP contribution in [-0.4, -0.2) is 57.2 Å². The number of carbonyl (C=O) groups is 1. The van der Waals surface area contributed by atoms with Crippen molar-refractivity contribution in [1.29, 1.82) is 0 Å². The SMILES string of the molecule is CCNC(=NCC1CCCN(C)C1c1cccc(Cl)c1)NCCCCC(=O)OC. The number of esters is 1. The van der Waals surface area contributed by atoms with Crippen LogP contribution in [0.25, 0.3) is 0 Å². The van der Waals surface area contributed by atoms with Crippen molar-refractivity contribution >= 4 is 23.5 Å². The summed E-state index contributed by atoms with van der Waals surface area (Å²) < 4.78 is 4.68. The van der Waals surface area contributed by atoms with Crippen LogP contribution in [0.5, 0.6) is 0 Å². The zero-order valence-electron chi connectivity index (χ0n) is 17.9. The van der Waals surface area contributed by atoms with Gasteiger partial charge in [-0.1, -0.05) is 23.7 Å². The van der Waals surface area contributed by atoms with E-state index in [1.54, 1.807) is 0 Å². The molecule has 1 aliphatic rings. The number of likely N-dealkylation sites (tertiary alicyclic amines) is 1. The van der Waals surface area contributed by atoms with E-state index in [2.05, 4.69) is 46.4 Å². The number of ether oxygens (including phenoxy) is 1. The Morgan fingerprint density at radius 1 is 1.34 bits per heavy atom. The smallest absolute Gasteiger partial charge is 0.305 e. The number of guanidine groups is 1. The zero-order valence-corrected chi connectivity index (χ0v) is 18.7. The predicted molar refractivity (Wildman–Crippen MR) is 119 cm³/mol. The highest BCUT2D eigenvalue weighted by molar-refractivity contribution is 6.30. The van der Waals surface area contributed by atoms with E-state index < -0.39 is 0 Å². The third-order valence-electron chi connectivity index (χ3n) is 5.35. The molecule has 2 atom stereocenters. The number of rotatable bonds is 9. The van der Waals surface area contributed by atoms with E-state index >= 15 is 0 Å². The van der Waals surface area contributed by atoms with E-state index in [0.29, 0.717) is 18.4 Å². The highest BCUT2D eigenvalue weighted by Crippen LogP contribution is 2.36. The van der Waals surface area contributed by atoms with Crippen LogP contribution in [0.1, 0.15) is 50.6 Å². The van der Waals surface area contributed by atoms with Gasteiger partial charge < -0.3 is 15.4 Å². The van der Waals surface area contributed by atoms with E-state index in [4.69, 9.17) is 16.6 Å². The van der Waals surface area contributed by atoms with Crippen LogP contribution >= 0.6 is 11.6 Å². The Morgan fingerprint density at radius 3 is 2.90 bits per heavy atom. The molecule has 2 N–H and O–H groups in total. The fourth-order valence-corrected chi connectivity index (χ4v) is 4.12. The molecule has 6 nitrogen and oxygen atoms in total. The average Bonchev–Trinajstić information content (AvgIpc) is 2.71. The molecule has 2 unspecified atom stereocenters. The van der Waals surface area contributed by atoms with Gasteiger partial charge in [-0.25, -0.2) is 0 Å². The van der Waals surface area contributed by atoms with Crippen LogP contribution in [0.3, 0.4) is 0 Å². The number of methoxy groups -OCH3 is 1. The maximum atomic E-state index is 11.2. The molecule has 1 aromatic rings. The minimum Gasteiger partial charge on any atom is -0.469 e. The molecular formula is C22H35ClN4O2. The van der Waals surface area contributed by atoms with Gasteiger partial charge in [0, 0.05) is 37.1 Å². The Balaban J connectivity index is 1.95. The van der Waals surface area contributed by atoms with Gasteiger partial charge in [-0.15, -0.1) is 0 Å². The van der Waals surface area contributed by atoms with Crippen molar-refractivity contribution in [3.8, 4) is 0 Å². The Morgan fingerprint density at radius 2 is 2.17 bits per heavy atom. The molecule has 1 aliphatic heterocycles. The second-order valence-electron chi connectivity index (χ2n) is 7.56. The minimum absolute atomic E-state index is 0.154. The first-order valence-corrected chi connectivity index (χ1v) is 11.0. The number of halogens is 1. The summed E-state index contributed by atoms with van der Waals surface area (Å²) in [6.45, 7) is 5.52. The summed E-state index contributed by atoms with van der Waals surface area (Å²) in [5.74, 6) is 1.13. The molecule has 1 fully saturated rings. The first-order chi connectivity index (χ1) is 14.0. The van der Waals surface area contributed by atoms with Crippen LogP contribution in [0, 0.1) is 5.92 Å². The normalized spacial score (nSPS) is 20.3. The second kappa shape index (κ2) is 12.7. The quantitative estimate of drug-likeness (QED) is 0.275. The lowest BCUT2D eigenvalue weighted by molar-refractivity contribution is -0.140. The molecule has 7 heteroatoms. The fourth-order valence-electron chi connectivity index (χ4n) is 3.92. The van der Waals surface area contributed by atoms with Gasteiger partial charge in [0.05, 0.1) is 7.11 Å². The summed E-state index contributed by atoms with van der Waals surface area (Å²) in [4.78, 5) is 18.5. The Hall–Kier alpha value is -1.79. The second-order valence-corrected chi connectivity index (χ2v) is 8.00. The van der Waals surface area contributed by atoms with Crippen LogP contribution in [-0.2, 0) is 9.53 Å². The number of carbonyl (C=O) groups excluding carboxylic acids is 1. The molecule has 1 saturated heterocycles. The minimum atomic E-state index is -0.154. The summed E-state index contributed by atoms with van der Waals surface area (Å²) >= 11 is 6.24. The molecule has 2 rings (SSSR count). The van der Waals surface area contributed by atoms with Gasteiger partial charge >= 0.3 is 5.97 Å². The van der Waals surface area contributed by atoms with Crippen LogP contribution in [0.2, 0.25) is 5.02 Å². The number of nitrogens with one attached hydrogen (secondary N) is 2. The van der Waals surface area contributed by atoms with Crippen molar-refractivity contribution in [2.75, 3.05) is 40.3 Å². The van der Waals surface area contributed by atoms with Gasteiger partial charge in [-0.05, 0) is 69.8 Å². The van der Waals surface area contributed by atoms with Gasteiger partial charge in [-0.3, -0.25) is 14.7 Å². The highest BCUT2D eigenvalue weighted by atomic mass is 35.5. The van der Waals surface area contributed by atoms with E-state index in [-0.39, 0.29) is 5.97 Å². The van der Waals surface area contributed by atoms with Crippen LogP contribution in [0.4, 0.5) is 0 Å². The number of benzene rings is 1. The molecule has 0 radical (unpaired) electrons. The maximum Gasteiger partial charge on any atom is 0.305 e. The average molecular weight is 423 g/mol. The molecule has 0 saturated carbocycles. The molecule has 0 spiro atoms. The Bertz CT molecular complexity index is 668. The number of hydrogen-bond donors (Lipinski definition) is 2. The van der Waals surface area contributed by atoms with Crippen LogP contribution in [0.15, 0.2) is 29.3 Å². The van der Waals surface area contributed by atoms with Gasteiger partial charge in [0.15, 0.2) is 5.96 Å². The van der Waals surface area contributed by atoms with Crippen molar-refractivity contribution < 1.29 is 9.53 Å². The summed E-state index contributed by atoms with van der Waals surface area (Å²) in [6.07, 6.45) is 4.51. The van der Waals surface area contributed by atoms with E-state index in [9.17, 15) is 4.79 Å². The predicted octanol–water partition coefficient (Wildman–Crippen LogP) is 3.62. The molecule has 29 heavy (non-hydrogen) atoms. The molecule has 162 valence electrons. The number of nitrogens with zero attached hydrogens (tertiary/aromatic N) is 2. The zero-order chi connectivity index (χ0) is 21.1. The summed E-state index contributed by atoms with van der Waals surface area (Å²) in [6, 6.07) is 8.53. The standard InChI is InChI=1S/C22H35ClN4O2/c1-4-24-22(25-13-6-5-12-20(28)29-3)26-16-18-10-8-14-27(2)21(18)17-9-7-11-19(23)15-17/h7,9,11,15,18,21H,4-6,8,10,12-14,16H2,1-3H3,(H2,24,25,26). The van der Waals surface area contributed by atoms with Crippen molar-refractivity contribution in [3.63, 3.8) is 0 Å². The summed E-state index contributed by atoms with van der Waals surface area (Å²) in [5, 5.41) is 7.48. The number of aliphatic imine (C=N–C) groups is 1. The number of unbranched alkanes of at least 4 members (excludes halogenated alkanes) is 1. The van der Waals surface area contributed by atoms with E-state index in [1.165, 1.54) is 19.1 Å². The maximum absolute atomic E-state index is 11.2. The summed E-state index contributed by atoms with van der Waals surface area (Å²) in [5.41, 5.74) is 1.26. The Kier molecular flexibility index (Phi) is 10.3. The largest absolute Gasteiger partial charge is 0.469 e. The third kappa shape index (κ3) is 7.86. The molecule has 0 aliphatic carbocycles. The number of piperidine rings is 1. The van der Waals surface area contributed by atoms with Crippen molar-refractivity contribution in [1.82, 2.24) is 15.5 Å². The molecular weight excluding hydrogens is 388 g/mol. The van der Waals surface area contributed by atoms with Crippen LogP contribution < -0.4 is 10.6 Å². The fraction of sp³-hybridized carbons (Fsp3) is 0.636. The molecule has 1 aromatic carbocycles. The Labute approximate surface area is 180 Å². The summed E-state index contributed by atoms with van der Waals surface area (Å²) in [7, 11) is 3.61. The lowest BCUT2D eigenvalue weighted by Gasteiger charge is -2.39. The number of hydrogen-bond acceptors (Lipinski definition) is 4. The van der Waals surface area contributed by atoms with E-state index in [0.717, 1.165) is 56.4 Å². The van der Waals surface area contributed by atoms with E-state index in [1.807, 2.05) is 12.1 Å². The first kappa shape index (κ1) is 23.5. The van der Waals surface area contributed by atoms with Gasteiger partial charge in [-0.2, -0.15) is 0 Å². The van der Waals surface area contributed by atoms with Gasteiger partial charge in [0.2, 0.25) is 0 Å². The molecule has 1 heterocycles. The lowest BCUT2D eigenvalue weighted by Crippen LogP contribution is -2.40.